The topological polar surface area (TPSA) is 102 Å². The Labute approximate surface area is 91.7 Å². The van der Waals surface area contributed by atoms with E-state index < -0.39 is 20.2 Å². The zero-order valence-corrected chi connectivity index (χ0v) is 8.98. The lowest BCUT2D eigenvalue weighted by atomic mass is 10.4. The van der Waals surface area contributed by atoms with E-state index in [0.717, 1.165) is 6.20 Å². The zero-order chi connectivity index (χ0) is 11.8. The minimum atomic E-state index is -3.48. The minimum Gasteiger partial charge on any atom is -0.277 e. The Kier molecular flexibility index (Phi) is 2.50. The Morgan fingerprint density at radius 3 is 2.75 bits per heavy atom. The van der Waals surface area contributed by atoms with E-state index in [0.29, 0.717) is 12.8 Å². The number of nitrogens with one attached hydrogen (secondary N) is 1. The van der Waals surface area contributed by atoms with Crippen LogP contribution in [0.15, 0.2) is 18.5 Å². The van der Waals surface area contributed by atoms with Crippen molar-refractivity contribution in [1.82, 2.24) is 4.98 Å². The molecule has 0 bridgehead atoms. The third kappa shape index (κ3) is 2.11. The molecule has 0 radical (unpaired) electrons. The molecule has 1 aliphatic rings. The van der Waals surface area contributed by atoms with Crippen molar-refractivity contribution in [3.8, 4) is 0 Å². The van der Waals surface area contributed by atoms with Crippen LogP contribution in [-0.4, -0.2) is 23.6 Å². The highest BCUT2D eigenvalue weighted by Crippen LogP contribution is 2.31. The molecule has 1 saturated carbocycles. The minimum absolute atomic E-state index is 0.0353. The Hall–Kier alpha value is -1.70. The van der Waals surface area contributed by atoms with Crippen molar-refractivity contribution >= 4 is 21.4 Å². The van der Waals surface area contributed by atoms with Crippen LogP contribution in [0.2, 0.25) is 0 Å². The molecule has 0 atom stereocenters. The lowest BCUT2D eigenvalue weighted by molar-refractivity contribution is -0.384. The lowest BCUT2D eigenvalue weighted by Crippen LogP contribution is -2.18. The maximum atomic E-state index is 11.6. The van der Waals surface area contributed by atoms with Gasteiger partial charge >= 0.3 is 5.69 Å². The maximum Gasteiger partial charge on any atom is 0.311 e. The Balaban J connectivity index is 2.30. The second-order valence-corrected chi connectivity index (χ2v) is 5.46. The van der Waals surface area contributed by atoms with Crippen LogP contribution in [0.1, 0.15) is 12.8 Å². The molecule has 0 unspecified atom stereocenters. The summed E-state index contributed by atoms with van der Waals surface area (Å²) >= 11 is 0. The van der Waals surface area contributed by atoms with Gasteiger partial charge in [-0.05, 0) is 18.9 Å². The number of hydrogen-bond donors (Lipinski definition) is 1. The van der Waals surface area contributed by atoms with Crippen LogP contribution in [0.25, 0.3) is 0 Å². The van der Waals surface area contributed by atoms with E-state index in [4.69, 9.17) is 0 Å². The third-order valence-electron chi connectivity index (χ3n) is 2.21. The van der Waals surface area contributed by atoms with Gasteiger partial charge in [0.1, 0.15) is 11.9 Å². The monoisotopic (exact) mass is 243 g/mol. The van der Waals surface area contributed by atoms with Crippen LogP contribution in [0.4, 0.5) is 11.4 Å². The highest BCUT2D eigenvalue weighted by atomic mass is 32.2. The number of rotatable bonds is 4. The predicted molar refractivity (Wildman–Crippen MR) is 56.5 cm³/mol. The number of sulfonamides is 1. The van der Waals surface area contributed by atoms with Crippen molar-refractivity contribution < 1.29 is 13.3 Å². The zero-order valence-electron chi connectivity index (χ0n) is 8.16. The van der Waals surface area contributed by atoms with Crippen molar-refractivity contribution in [1.29, 1.82) is 0 Å². The largest absolute Gasteiger partial charge is 0.311 e. The molecule has 1 N–H and O–H groups in total. The fourth-order valence-electron chi connectivity index (χ4n) is 1.23. The maximum absolute atomic E-state index is 11.6. The van der Waals surface area contributed by atoms with Crippen molar-refractivity contribution in [3.05, 3.63) is 28.6 Å². The molecule has 1 aliphatic carbocycles. The first-order chi connectivity index (χ1) is 7.50. The fourth-order valence-corrected chi connectivity index (χ4v) is 2.64. The van der Waals surface area contributed by atoms with E-state index in [1.54, 1.807) is 0 Å². The average molecular weight is 243 g/mol. The Morgan fingerprint density at radius 1 is 1.50 bits per heavy atom. The van der Waals surface area contributed by atoms with Crippen LogP contribution < -0.4 is 4.72 Å². The van der Waals surface area contributed by atoms with Gasteiger partial charge in [-0.1, -0.05) is 0 Å². The predicted octanol–water partition coefficient (Wildman–Crippen LogP) is 0.894. The van der Waals surface area contributed by atoms with Crippen LogP contribution in [0.5, 0.6) is 0 Å². The summed E-state index contributed by atoms with van der Waals surface area (Å²) in [6, 6.07) is 1.28. The van der Waals surface area contributed by atoms with Gasteiger partial charge in [0.05, 0.1) is 10.2 Å². The number of nitro groups is 1. The summed E-state index contributed by atoms with van der Waals surface area (Å²) in [5.74, 6) is 0. The van der Waals surface area contributed by atoms with Gasteiger partial charge in [-0.3, -0.25) is 19.8 Å². The molecule has 2 rings (SSSR count). The van der Waals surface area contributed by atoms with Crippen molar-refractivity contribution in [2.24, 2.45) is 0 Å². The number of hydrogen-bond acceptors (Lipinski definition) is 5. The van der Waals surface area contributed by atoms with E-state index >= 15 is 0 Å². The van der Waals surface area contributed by atoms with Gasteiger partial charge in [0.25, 0.3) is 0 Å². The first-order valence-corrected chi connectivity index (χ1v) is 6.15. The van der Waals surface area contributed by atoms with E-state index in [1.165, 1.54) is 12.3 Å². The standard InChI is InChI=1S/C8H9N3O4S/c12-11(13)8-5-9-4-3-7(8)10-16(14,15)6-1-2-6/h3-6H,1-2H2,(H,9,10). The number of anilines is 1. The second kappa shape index (κ2) is 3.71. The number of aromatic nitrogens is 1. The van der Waals surface area contributed by atoms with Gasteiger partial charge in [-0.2, -0.15) is 0 Å². The summed E-state index contributed by atoms with van der Waals surface area (Å²) in [6.45, 7) is 0. The summed E-state index contributed by atoms with van der Waals surface area (Å²) in [5.41, 5.74) is -0.376. The van der Waals surface area contributed by atoms with E-state index in [-0.39, 0.29) is 11.4 Å². The number of pyridine rings is 1. The first-order valence-electron chi connectivity index (χ1n) is 4.61. The Morgan fingerprint density at radius 2 is 2.19 bits per heavy atom. The molecule has 0 saturated heterocycles. The molecule has 0 amide bonds. The molecule has 7 nitrogen and oxygen atoms in total. The quantitative estimate of drug-likeness (QED) is 0.625. The summed E-state index contributed by atoms with van der Waals surface area (Å²) in [7, 11) is -3.48. The average Bonchev–Trinajstić information content (AvgIpc) is 3.00. The van der Waals surface area contributed by atoms with Gasteiger partial charge < -0.3 is 0 Å². The molecule has 0 aromatic carbocycles. The molecule has 1 heterocycles. The SMILES string of the molecule is O=[N+]([O-])c1cnccc1NS(=O)(=O)C1CC1. The van der Waals surface area contributed by atoms with Crippen LogP contribution in [0.3, 0.4) is 0 Å². The highest BCUT2D eigenvalue weighted by molar-refractivity contribution is 7.93. The first kappa shape index (κ1) is 10.8. The third-order valence-corrected chi connectivity index (χ3v) is 4.07. The molecular weight excluding hydrogens is 234 g/mol. The van der Waals surface area contributed by atoms with Gasteiger partial charge in [-0.25, -0.2) is 8.42 Å². The number of nitrogens with zero attached hydrogens (tertiary/aromatic N) is 2. The molecular formula is C8H9N3O4S. The fraction of sp³-hybridized carbons (Fsp3) is 0.375. The summed E-state index contributed by atoms with van der Waals surface area (Å²) < 4.78 is 25.4. The molecule has 8 heteroatoms. The molecule has 0 spiro atoms. The molecule has 1 aromatic heterocycles. The van der Waals surface area contributed by atoms with Crippen molar-refractivity contribution in [2.75, 3.05) is 4.72 Å². The van der Waals surface area contributed by atoms with E-state index in [1.807, 2.05) is 0 Å². The normalized spacial score (nSPS) is 15.8. The van der Waals surface area contributed by atoms with Crippen LogP contribution in [0, 0.1) is 10.1 Å². The lowest BCUT2D eigenvalue weighted by Gasteiger charge is -2.06. The van der Waals surface area contributed by atoms with Gasteiger partial charge in [0.2, 0.25) is 10.0 Å². The van der Waals surface area contributed by atoms with Gasteiger partial charge in [0.15, 0.2) is 0 Å². The molecule has 86 valence electrons. The molecule has 0 aliphatic heterocycles. The second-order valence-electron chi connectivity index (χ2n) is 3.50. The Bertz CT molecular complexity index is 524. The summed E-state index contributed by atoms with van der Waals surface area (Å²) in [6.07, 6.45) is 3.53. The van der Waals surface area contributed by atoms with Crippen molar-refractivity contribution in [2.45, 2.75) is 18.1 Å². The van der Waals surface area contributed by atoms with Crippen molar-refractivity contribution in [3.63, 3.8) is 0 Å². The molecule has 1 fully saturated rings. The summed E-state index contributed by atoms with van der Waals surface area (Å²) in [5, 5.41) is 10.2. The molecule has 1 aromatic rings. The van der Waals surface area contributed by atoms with Gasteiger partial charge in [-0.15, -0.1) is 0 Å². The molecule has 16 heavy (non-hydrogen) atoms. The van der Waals surface area contributed by atoms with Crippen LogP contribution >= 0.6 is 0 Å². The smallest absolute Gasteiger partial charge is 0.277 e. The van der Waals surface area contributed by atoms with E-state index in [9.17, 15) is 18.5 Å². The highest BCUT2D eigenvalue weighted by Gasteiger charge is 2.36. The van der Waals surface area contributed by atoms with E-state index in [2.05, 4.69) is 9.71 Å². The van der Waals surface area contributed by atoms with Crippen LogP contribution in [-0.2, 0) is 10.0 Å². The summed E-state index contributed by atoms with van der Waals surface area (Å²) in [4.78, 5) is 13.5. The van der Waals surface area contributed by atoms with Gasteiger partial charge in [0, 0.05) is 6.20 Å².